The first-order valence-electron chi connectivity index (χ1n) is 9.37. The van der Waals surface area contributed by atoms with Crippen LogP contribution in [0.4, 0.5) is 4.39 Å². The predicted molar refractivity (Wildman–Crippen MR) is 114 cm³/mol. The van der Waals surface area contributed by atoms with Crippen molar-refractivity contribution in [3.8, 4) is 11.5 Å². The number of carbonyl (C=O) groups is 1. The molecule has 1 aliphatic heterocycles. The number of hydrogen-bond donors (Lipinski definition) is 0. The minimum Gasteiger partial charge on any atom is -0.454 e. The number of halogens is 3. The second-order valence-corrected chi connectivity index (χ2v) is 7.75. The smallest absolute Gasteiger partial charge is 0.254 e. The lowest BCUT2D eigenvalue weighted by Crippen LogP contribution is -2.32. The Kier molecular flexibility index (Phi) is 6.11. The lowest BCUT2D eigenvalue weighted by atomic mass is 10.1. The second-order valence-electron chi connectivity index (χ2n) is 6.91. The van der Waals surface area contributed by atoms with E-state index in [1.807, 2.05) is 24.3 Å². The van der Waals surface area contributed by atoms with Crippen LogP contribution in [0, 0.1) is 5.82 Å². The van der Waals surface area contributed by atoms with Crippen LogP contribution in [-0.4, -0.2) is 24.1 Å². The van der Waals surface area contributed by atoms with Gasteiger partial charge in [-0.2, -0.15) is 0 Å². The fourth-order valence-corrected chi connectivity index (χ4v) is 3.77. The van der Waals surface area contributed by atoms with E-state index in [1.54, 1.807) is 17.0 Å². The van der Waals surface area contributed by atoms with Crippen molar-refractivity contribution in [2.45, 2.75) is 13.0 Å². The Morgan fingerprint density at radius 1 is 0.967 bits per heavy atom. The maximum Gasteiger partial charge on any atom is 0.254 e. The molecule has 0 unspecified atom stereocenters. The van der Waals surface area contributed by atoms with Crippen molar-refractivity contribution < 1.29 is 18.7 Å². The second kappa shape index (κ2) is 8.94. The molecule has 154 valence electrons. The van der Waals surface area contributed by atoms with Gasteiger partial charge in [-0.3, -0.25) is 4.79 Å². The van der Waals surface area contributed by atoms with E-state index in [2.05, 4.69) is 0 Å². The van der Waals surface area contributed by atoms with E-state index in [-0.39, 0.29) is 18.5 Å². The maximum absolute atomic E-state index is 13.3. The van der Waals surface area contributed by atoms with Gasteiger partial charge in [0, 0.05) is 28.7 Å². The molecule has 0 N–H and O–H groups in total. The van der Waals surface area contributed by atoms with Crippen LogP contribution >= 0.6 is 23.2 Å². The van der Waals surface area contributed by atoms with E-state index in [9.17, 15) is 9.18 Å². The molecule has 0 spiro atoms. The Morgan fingerprint density at radius 2 is 1.73 bits per heavy atom. The first-order chi connectivity index (χ1) is 14.5. The highest BCUT2D eigenvalue weighted by atomic mass is 35.5. The summed E-state index contributed by atoms with van der Waals surface area (Å²) in [5, 5.41) is 1.11. The number of fused-ring (bicyclic) bond motifs is 1. The zero-order valence-corrected chi connectivity index (χ0v) is 17.4. The Hall–Kier alpha value is -2.76. The molecular weight excluding hydrogens is 428 g/mol. The zero-order chi connectivity index (χ0) is 21.1. The quantitative estimate of drug-likeness (QED) is 0.484. The molecule has 0 aliphatic carbocycles. The standard InChI is InChI=1S/C23H18Cl2FNO3/c24-18-5-2-16(20(25)12-18)9-10-27(23(28)17-3-6-19(26)7-4-17)13-15-1-8-21-22(11-15)30-14-29-21/h1-8,11-12H,9-10,13-14H2. The molecule has 0 saturated carbocycles. The van der Waals surface area contributed by atoms with Gasteiger partial charge in [0.1, 0.15) is 5.82 Å². The van der Waals surface area contributed by atoms with Gasteiger partial charge >= 0.3 is 0 Å². The lowest BCUT2D eigenvalue weighted by Gasteiger charge is -2.23. The molecular formula is C23H18Cl2FNO3. The van der Waals surface area contributed by atoms with Crippen LogP contribution in [0.1, 0.15) is 21.5 Å². The summed E-state index contributed by atoms with van der Waals surface area (Å²) in [6.45, 7) is 0.968. The Labute approximate surface area is 183 Å². The topological polar surface area (TPSA) is 38.8 Å². The molecule has 0 fully saturated rings. The van der Waals surface area contributed by atoms with Gasteiger partial charge in [-0.25, -0.2) is 4.39 Å². The van der Waals surface area contributed by atoms with Gasteiger partial charge in [-0.15, -0.1) is 0 Å². The first kappa shape index (κ1) is 20.5. The minimum atomic E-state index is -0.387. The highest BCUT2D eigenvalue weighted by Crippen LogP contribution is 2.33. The third-order valence-corrected chi connectivity index (χ3v) is 5.44. The summed E-state index contributed by atoms with van der Waals surface area (Å²) < 4.78 is 24.1. The van der Waals surface area contributed by atoms with Gasteiger partial charge in [0.05, 0.1) is 0 Å². The summed E-state index contributed by atoms with van der Waals surface area (Å²) in [4.78, 5) is 14.9. The SMILES string of the molecule is O=C(c1ccc(F)cc1)N(CCc1ccc(Cl)cc1Cl)Cc1ccc2c(c1)OCO2. The summed E-state index contributed by atoms with van der Waals surface area (Å²) >= 11 is 12.3. The summed E-state index contributed by atoms with van der Waals surface area (Å²) in [6.07, 6.45) is 0.549. The largest absolute Gasteiger partial charge is 0.454 e. The van der Waals surface area contributed by atoms with E-state index in [1.165, 1.54) is 24.3 Å². The maximum atomic E-state index is 13.3. The Balaban J connectivity index is 1.56. The fraction of sp³-hybridized carbons (Fsp3) is 0.174. The van der Waals surface area contributed by atoms with Crippen molar-refractivity contribution in [2.75, 3.05) is 13.3 Å². The predicted octanol–water partition coefficient (Wildman–Crippen LogP) is 5.75. The van der Waals surface area contributed by atoms with Crippen molar-refractivity contribution in [3.63, 3.8) is 0 Å². The van der Waals surface area contributed by atoms with E-state index < -0.39 is 0 Å². The summed E-state index contributed by atoms with van der Waals surface area (Å²) in [5.41, 5.74) is 2.21. The highest BCUT2D eigenvalue weighted by molar-refractivity contribution is 6.35. The fourth-order valence-electron chi connectivity index (χ4n) is 3.27. The summed E-state index contributed by atoms with van der Waals surface area (Å²) in [6, 6.07) is 16.4. The van der Waals surface area contributed by atoms with Crippen LogP contribution in [0.3, 0.4) is 0 Å². The number of ether oxygens (including phenoxy) is 2. The molecule has 0 aromatic heterocycles. The monoisotopic (exact) mass is 445 g/mol. The number of benzene rings is 3. The van der Waals surface area contributed by atoms with E-state index in [4.69, 9.17) is 32.7 Å². The van der Waals surface area contributed by atoms with Gasteiger partial charge in [-0.1, -0.05) is 35.3 Å². The number of nitrogens with zero attached hydrogens (tertiary/aromatic N) is 1. The highest BCUT2D eigenvalue weighted by Gasteiger charge is 2.19. The van der Waals surface area contributed by atoms with Gasteiger partial charge in [0.15, 0.2) is 11.5 Å². The molecule has 0 radical (unpaired) electrons. The number of amides is 1. The van der Waals surface area contributed by atoms with Crippen molar-refractivity contribution in [2.24, 2.45) is 0 Å². The first-order valence-corrected chi connectivity index (χ1v) is 10.1. The third kappa shape index (κ3) is 4.69. The van der Waals surface area contributed by atoms with E-state index >= 15 is 0 Å². The van der Waals surface area contributed by atoms with Crippen LogP contribution in [0.2, 0.25) is 10.0 Å². The van der Waals surface area contributed by atoms with Gasteiger partial charge < -0.3 is 14.4 Å². The van der Waals surface area contributed by atoms with Crippen LogP contribution in [0.5, 0.6) is 11.5 Å². The average Bonchev–Trinajstić information content (AvgIpc) is 3.20. The molecule has 0 atom stereocenters. The molecule has 1 amide bonds. The summed E-state index contributed by atoms with van der Waals surface area (Å²) in [5.74, 6) is 0.755. The normalized spacial score (nSPS) is 12.1. The van der Waals surface area contributed by atoms with Crippen molar-refractivity contribution >= 4 is 29.1 Å². The summed E-state index contributed by atoms with van der Waals surface area (Å²) in [7, 11) is 0. The third-order valence-electron chi connectivity index (χ3n) is 4.85. The van der Waals surface area contributed by atoms with Crippen molar-refractivity contribution in [1.82, 2.24) is 4.90 Å². The van der Waals surface area contributed by atoms with Crippen molar-refractivity contribution in [3.05, 3.63) is 93.2 Å². The molecule has 1 heterocycles. The van der Waals surface area contributed by atoms with E-state index in [0.717, 1.165) is 11.1 Å². The van der Waals surface area contributed by atoms with Crippen LogP contribution in [0.25, 0.3) is 0 Å². The average molecular weight is 446 g/mol. The molecule has 0 saturated heterocycles. The van der Waals surface area contributed by atoms with Crippen LogP contribution in [0.15, 0.2) is 60.7 Å². The number of rotatable bonds is 6. The van der Waals surface area contributed by atoms with Gasteiger partial charge in [-0.05, 0) is 66.1 Å². The molecule has 1 aliphatic rings. The van der Waals surface area contributed by atoms with Gasteiger partial charge in [0.2, 0.25) is 6.79 Å². The van der Waals surface area contributed by atoms with Gasteiger partial charge in [0.25, 0.3) is 5.91 Å². The van der Waals surface area contributed by atoms with Crippen LogP contribution < -0.4 is 9.47 Å². The molecule has 7 heteroatoms. The molecule has 3 aromatic rings. The van der Waals surface area contributed by atoms with E-state index in [0.29, 0.717) is 46.6 Å². The van der Waals surface area contributed by atoms with Crippen molar-refractivity contribution in [1.29, 1.82) is 0 Å². The Bertz CT molecular complexity index is 1070. The number of hydrogen-bond acceptors (Lipinski definition) is 3. The molecule has 4 nitrogen and oxygen atoms in total. The molecule has 3 aromatic carbocycles. The lowest BCUT2D eigenvalue weighted by molar-refractivity contribution is 0.0745. The molecule has 4 rings (SSSR count). The Morgan fingerprint density at radius 3 is 2.50 bits per heavy atom. The minimum absolute atomic E-state index is 0.187. The van der Waals surface area contributed by atoms with Crippen LogP contribution in [-0.2, 0) is 13.0 Å². The number of carbonyl (C=O) groups excluding carboxylic acids is 1. The molecule has 0 bridgehead atoms. The molecule has 30 heavy (non-hydrogen) atoms. The zero-order valence-electron chi connectivity index (χ0n) is 15.9.